The van der Waals surface area contributed by atoms with Crippen molar-refractivity contribution in [2.24, 2.45) is 5.73 Å². The van der Waals surface area contributed by atoms with Crippen LogP contribution in [0, 0.1) is 0 Å². The first-order valence-electron chi connectivity index (χ1n) is 6.54. The van der Waals surface area contributed by atoms with Crippen LogP contribution >= 0.6 is 0 Å². The molecule has 1 aromatic heterocycles. The number of carbonyl (C=O) groups is 1. The number of fused-ring (bicyclic) bond motifs is 1. The largest absolute Gasteiger partial charge is 0.320 e. The molecule has 1 atom stereocenters. The van der Waals surface area contributed by atoms with E-state index in [1.54, 1.807) is 11.5 Å². The SMILES string of the molecule is C[C@H](N)C(=O)n1cc(CCN(C)C)c2ccccc21. The zero-order valence-electron chi connectivity index (χ0n) is 11.8. The number of aromatic nitrogens is 1. The van der Waals surface area contributed by atoms with E-state index >= 15 is 0 Å². The number of carbonyl (C=O) groups excluding carboxylic acids is 1. The van der Waals surface area contributed by atoms with Gasteiger partial charge in [0.25, 0.3) is 0 Å². The molecule has 1 aromatic carbocycles. The van der Waals surface area contributed by atoms with Crippen molar-refractivity contribution in [1.29, 1.82) is 0 Å². The Kier molecular flexibility index (Phi) is 4.02. The fourth-order valence-corrected chi connectivity index (χ4v) is 2.20. The molecule has 0 fully saturated rings. The second-order valence-electron chi connectivity index (χ2n) is 5.22. The van der Waals surface area contributed by atoms with Crippen LogP contribution in [0.5, 0.6) is 0 Å². The number of hydrogen-bond acceptors (Lipinski definition) is 3. The molecule has 0 saturated carbocycles. The highest BCUT2D eigenvalue weighted by Crippen LogP contribution is 2.22. The van der Waals surface area contributed by atoms with Gasteiger partial charge in [0.05, 0.1) is 11.6 Å². The van der Waals surface area contributed by atoms with Crippen molar-refractivity contribution in [3.63, 3.8) is 0 Å². The molecule has 0 radical (unpaired) electrons. The van der Waals surface area contributed by atoms with Gasteiger partial charge in [0, 0.05) is 18.1 Å². The molecule has 4 nitrogen and oxygen atoms in total. The van der Waals surface area contributed by atoms with E-state index in [0.29, 0.717) is 0 Å². The molecule has 0 amide bonds. The fraction of sp³-hybridized carbons (Fsp3) is 0.400. The molecule has 0 aliphatic heterocycles. The Hall–Kier alpha value is -1.65. The van der Waals surface area contributed by atoms with Crippen LogP contribution in [0.4, 0.5) is 0 Å². The standard InChI is InChI=1S/C15H21N3O/c1-11(16)15(19)18-10-12(8-9-17(2)3)13-6-4-5-7-14(13)18/h4-7,10-11H,8-9,16H2,1-3H3/t11-/m0/s1. The number of hydrogen-bond donors (Lipinski definition) is 1. The van der Waals surface area contributed by atoms with Crippen molar-refractivity contribution in [1.82, 2.24) is 9.47 Å². The van der Waals surface area contributed by atoms with Crippen molar-refractivity contribution in [2.75, 3.05) is 20.6 Å². The minimum Gasteiger partial charge on any atom is -0.320 e. The second kappa shape index (κ2) is 5.55. The van der Waals surface area contributed by atoms with E-state index in [-0.39, 0.29) is 5.91 Å². The van der Waals surface area contributed by atoms with Crippen molar-refractivity contribution in [3.8, 4) is 0 Å². The van der Waals surface area contributed by atoms with E-state index in [9.17, 15) is 4.79 Å². The molecule has 0 aliphatic rings. The molecule has 102 valence electrons. The van der Waals surface area contributed by atoms with Crippen LogP contribution in [0.3, 0.4) is 0 Å². The Labute approximate surface area is 113 Å². The fourth-order valence-electron chi connectivity index (χ4n) is 2.20. The average Bonchev–Trinajstić information content (AvgIpc) is 2.74. The van der Waals surface area contributed by atoms with Gasteiger partial charge < -0.3 is 10.6 Å². The summed E-state index contributed by atoms with van der Waals surface area (Å²) in [5.41, 5.74) is 7.85. The van der Waals surface area contributed by atoms with Gasteiger partial charge in [0.15, 0.2) is 0 Å². The van der Waals surface area contributed by atoms with E-state index in [4.69, 9.17) is 5.73 Å². The number of likely N-dealkylation sites (N-methyl/N-ethyl adjacent to an activating group) is 1. The number of nitrogens with two attached hydrogens (primary N) is 1. The minimum absolute atomic E-state index is 0.0627. The molecule has 0 bridgehead atoms. The van der Waals surface area contributed by atoms with E-state index in [0.717, 1.165) is 23.9 Å². The van der Waals surface area contributed by atoms with Gasteiger partial charge in [-0.1, -0.05) is 18.2 Å². The second-order valence-corrected chi connectivity index (χ2v) is 5.22. The molecule has 2 rings (SSSR count). The van der Waals surface area contributed by atoms with Gasteiger partial charge in [-0.25, -0.2) is 0 Å². The summed E-state index contributed by atoms with van der Waals surface area (Å²) in [5.74, 6) is -0.0627. The van der Waals surface area contributed by atoms with Crippen LogP contribution in [0.1, 0.15) is 17.3 Å². The monoisotopic (exact) mass is 259 g/mol. The van der Waals surface area contributed by atoms with Crippen LogP contribution < -0.4 is 5.73 Å². The smallest absolute Gasteiger partial charge is 0.247 e. The quantitative estimate of drug-likeness (QED) is 0.910. The summed E-state index contributed by atoms with van der Waals surface area (Å²) >= 11 is 0. The molecular weight excluding hydrogens is 238 g/mol. The summed E-state index contributed by atoms with van der Waals surface area (Å²) in [6, 6.07) is 7.49. The summed E-state index contributed by atoms with van der Waals surface area (Å²) in [7, 11) is 4.10. The molecule has 19 heavy (non-hydrogen) atoms. The molecule has 2 aromatic rings. The molecule has 2 N–H and O–H groups in total. The summed E-state index contributed by atoms with van der Waals surface area (Å²) in [6.45, 7) is 2.68. The average molecular weight is 259 g/mol. The van der Waals surface area contributed by atoms with Gasteiger partial charge in [-0.05, 0) is 39.1 Å². The highest BCUT2D eigenvalue weighted by atomic mass is 16.2. The van der Waals surface area contributed by atoms with E-state index < -0.39 is 6.04 Å². The maximum absolute atomic E-state index is 12.1. The Morgan fingerprint density at radius 2 is 2.05 bits per heavy atom. The van der Waals surface area contributed by atoms with Crippen LogP contribution in [0.2, 0.25) is 0 Å². The van der Waals surface area contributed by atoms with Crippen LogP contribution in [0.15, 0.2) is 30.5 Å². The highest BCUT2D eigenvalue weighted by molar-refractivity contribution is 5.96. The number of benzene rings is 1. The van der Waals surface area contributed by atoms with Gasteiger partial charge >= 0.3 is 0 Å². The summed E-state index contributed by atoms with van der Waals surface area (Å²) in [5, 5.41) is 1.14. The molecular formula is C15H21N3O. The predicted octanol–water partition coefficient (Wildman–Crippen LogP) is 1.73. The van der Waals surface area contributed by atoms with Crippen molar-refractivity contribution in [2.45, 2.75) is 19.4 Å². The molecule has 0 spiro atoms. The summed E-state index contributed by atoms with van der Waals surface area (Å²) < 4.78 is 1.69. The van der Waals surface area contributed by atoms with Gasteiger partial charge in [-0.2, -0.15) is 0 Å². The molecule has 0 unspecified atom stereocenters. The van der Waals surface area contributed by atoms with Crippen molar-refractivity contribution in [3.05, 3.63) is 36.0 Å². The van der Waals surface area contributed by atoms with Crippen LogP contribution in [0.25, 0.3) is 10.9 Å². The van der Waals surface area contributed by atoms with Gasteiger partial charge in [-0.3, -0.25) is 9.36 Å². The predicted molar refractivity (Wildman–Crippen MR) is 78.5 cm³/mol. The number of rotatable bonds is 4. The molecule has 4 heteroatoms. The third kappa shape index (κ3) is 2.85. The number of para-hydroxylation sites is 1. The normalized spacial score (nSPS) is 13.1. The first-order valence-corrected chi connectivity index (χ1v) is 6.54. The topological polar surface area (TPSA) is 51.3 Å². The molecule has 1 heterocycles. The first-order chi connectivity index (χ1) is 9.00. The lowest BCUT2D eigenvalue weighted by Crippen LogP contribution is -2.31. The lowest BCUT2D eigenvalue weighted by molar-refractivity contribution is 0.0892. The lowest BCUT2D eigenvalue weighted by Gasteiger charge is -2.08. The minimum atomic E-state index is -0.488. The third-order valence-corrected chi connectivity index (χ3v) is 3.25. The third-order valence-electron chi connectivity index (χ3n) is 3.25. The van der Waals surface area contributed by atoms with Gasteiger partial charge in [-0.15, -0.1) is 0 Å². The Morgan fingerprint density at radius 3 is 2.68 bits per heavy atom. The van der Waals surface area contributed by atoms with E-state index in [2.05, 4.69) is 11.0 Å². The number of nitrogens with zero attached hydrogens (tertiary/aromatic N) is 2. The Balaban J connectivity index is 2.45. The zero-order chi connectivity index (χ0) is 14.0. The van der Waals surface area contributed by atoms with Gasteiger partial charge in [0.1, 0.15) is 0 Å². The maximum Gasteiger partial charge on any atom is 0.247 e. The van der Waals surface area contributed by atoms with Crippen molar-refractivity contribution >= 4 is 16.8 Å². The highest BCUT2D eigenvalue weighted by Gasteiger charge is 2.15. The van der Waals surface area contributed by atoms with Crippen LogP contribution in [-0.4, -0.2) is 42.1 Å². The summed E-state index contributed by atoms with van der Waals surface area (Å²) in [6.07, 6.45) is 2.85. The lowest BCUT2D eigenvalue weighted by atomic mass is 10.1. The summed E-state index contributed by atoms with van der Waals surface area (Å²) in [4.78, 5) is 14.3. The Bertz CT molecular complexity index is 584. The Morgan fingerprint density at radius 1 is 1.37 bits per heavy atom. The van der Waals surface area contributed by atoms with E-state index in [1.165, 1.54) is 5.56 Å². The maximum atomic E-state index is 12.1. The molecule has 0 aliphatic carbocycles. The first kappa shape index (κ1) is 13.8. The van der Waals surface area contributed by atoms with Gasteiger partial charge in [0.2, 0.25) is 5.91 Å². The molecule has 0 saturated heterocycles. The van der Waals surface area contributed by atoms with Crippen molar-refractivity contribution < 1.29 is 4.79 Å². The van der Waals surface area contributed by atoms with Crippen LogP contribution in [-0.2, 0) is 6.42 Å². The van der Waals surface area contributed by atoms with E-state index in [1.807, 2.05) is 38.5 Å². The zero-order valence-corrected chi connectivity index (χ0v) is 11.8.